The van der Waals surface area contributed by atoms with Crippen molar-refractivity contribution in [1.82, 2.24) is 4.98 Å². The van der Waals surface area contributed by atoms with E-state index in [-0.39, 0.29) is 6.04 Å². The molecule has 4 heterocycles. The summed E-state index contributed by atoms with van der Waals surface area (Å²) in [5.41, 5.74) is 0.795. The van der Waals surface area contributed by atoms with Gasteiger partial charge in [-0.2, -0.15) is 0 Å². The summed E-state index contributed by atoms with van der Waals surface area (Å²) in [4.78, 5) is 30.6. The molecule has 210 valence electrons. The molecule has 2 saturated heterocycles. The molecule has 0 spiro atoms. The second-order valence-corrected chi connectivity index (χ2v) is 11.3. The number of hydrogen-bond acceptors (Lipinski definition) is 10. The molecular weight excluding hydrogens is 536 g/mol. The number of methoxy groups -OCH3 is 2. The number of rotatable bonds is 7. The third kappa shape index (κ3) is 4.29. The first-order chi connectivity index (χ1) is 19.2. The number of fused-ring (bicyclic) bond motifs is 2. The van der Waals surface area contributed by atoms with Crippen molar-refractivity contribution in [3.8, 4) is 17.2 Å². The summed E-state index contributed by atoms with van der Waals surface area (Å²) in [5.74, 6) is -1.52. The van der Waals surface area contributed by atoms with E-state index < -0.39 is 24.0 Å². The van der Waals surface area contributed by atoms with Crippen LogP contribution in [0.4, 0.5) is 5.82 Å². The largest absolute Gasteiger partial charge is 0.493 e. The second kappa shape index (κ2) is 9.90. The lowest BCUT2D eigenvalue weighted by atomic mass is 9.90. The van der Waals surface area contributed by atoms with E-state index in [1.54, 1.807) is 37.7 Å². The highest BCUT2D eigenvalue weighted by atomic mass is 32.1. The number of hydrogen-bond donors (Lipinski definition) is 2. The highest BCUT2D eigenvalue weighted by Crippen LogP contribution is 2.45. The molecule has 4 aromatic rings. The normalized spacial score (nSPS) is 21.4. The molecule has 3 atom stereocenters. The number of piperidine rings is 1. The molecule has 2 aliphatic rings. The number of aromatic amines is 1. The van der Waals surface area contributed by atoms with Crippen molar-refractivity contribution in [3.63, 3.8) is 0 Å². The average molecular weight is 567 g/mol. The van der Waals surface area contributed by atoms with Crippen molar-refractivity contribution in [1.29, 1.82) is 0 Å². The summed E-state index contributed by atoms with van der Waals surface area (Å²) in [5, 5.41) is 12.0. The molecule has 40 heavy (non-hydrogen) atoms. The maximum Gasteiger partial charge on any atom is 0.449 e. The van der Waals surface area contributed by atoms with Crippen LogP contribution in [0.3, 0.4) is 0 Å². The van der Waals surface area contributed by atoms with Crippen LogP contribution in [0.2, 0.25) is 0 Å². The standard InChI is InChI=1S/C29H30N2O8S/c1-15-12-17(24-13-19-23(40-24)9-8-22(35-3)26(19)36-4)10-11-31(15)25-14-18-20(30-25)6-5-7-21(18)37-29(16(2)32)38-27(33)28(34)39-29/h5-9,13-17,30,32H,10-12H2,1-4H3/t15-,16-,17+/m0/s1. The molecule has 2 aliphatic heterocycles. The topological polar surface area (TPSA) is 120 Å². The number of anilines is 1. The van der Waals surface area contributed by atoms with E-state index in [1.807, 2.05) is 18.2 Å². The molecule has 0 radical (unpaired) electrons. The van der Waals surface area contributed by atoms with Gasteiger partial charge in [-0.1, -0.05) is 6.07 Å². The zero-order valence-corrected chi connectivity index (χ0v) is 23.4. The lowest BCUT2D eigenvalue weighted by Crippen LogP contribution is -2.47. The minimum absolute atomic E-state index is 0.248. The third-order valence-electron chi connectivity index (χ3n) is 7.66. The number of nitrogens with one attached hydrogen (secondary N) is 1. The van der Waals surface area contributed by atoms with Gasteiger partial charge in [0.25, 0.3) is 0 Å². The lowest BCUT2D eigenvalue weighted by Gasteiger charge is -2.38. The van der Waals surface area contributed by atoms with Gasteiger partial charge in [-0.25, -0.2) is 9.59 Å². The Balaban J connectivity index is 1.24. The summed E-state index contributed by atoms with van der Waals surface area (Å²) in [7, 11) is 3.32. The Bertz CT molecular complexity index is 1590. The van der Waals surface area contributed by atoms with Crippen LogP contribution in [0, 0.1) is 0 Å². The van der Waals surface area contributed by atoms with Crippen molar-refractivity contribution in [2.75, 3.05) is 25.7 Å². The number of thiophene rings is 1. The highest BCUT2D eigenvalue weighted by molar-refractivity contribution is 7.19. The van der Waals surface area contributed by atoms with Gasteiger partial charge in [0.05, 0.1) is 19.7 Å². The number of aliphatic hydroxyl groups is 1. The van der Waals surface area contributed by atoms with Crippen molar-refractivity contribution in [3.05, 3.63) is 47.3 Å². The fourth-order valence-corrected chi connectivity index (χ4v) is 6.83. The molecule has 6 rings (SSSR count). The molecule has 10 nitrogen and oxygen atoms in total. The molecule has 0 unspecified atom stereocenters. The van der Waals surface area contributed by atoms with Gasteiger partial charge in [-0.15, -0.1) is 11.3 Å². The summed E-state index contributed by atoms with van der Waals surface area (Å²) in [6, 6.07) is 13.8. The molecular formula is C29H30N2O8S. The summed E-state index contributed by atoms with van der Waals surface area (Å²) in [6.45, 7) is 4.38. The predicted octanol–water partition coefficient (Wildman–Crippen LogP) is 4.69. The number of ether oxygens (including phenoxy) is 5. The SMILES string of the molecule is COc1ccc2sc([C@@H]3CCN(c4cc5c(OC6([C@H](C)O)OC(=O)C(=O)O6)cccc5[nH]4)[C@@H](C)C3)cc2c1OC. The van der Waals surface area contributed by atoms with E-state index in [0.29, 0.717) is 17.1 Å². The van der Waals surface area contributed by atoms with Crippen molar-refractivity contribution < 1.29 is 38.4 Å². The van der Waals surface area contributed by atoms with Crippen LogP contribution in [-0.4, -0.2) is 60.9 Å². The van der Waals surface area contributed by atoms with E-state index in [1.165, 1.54) is 16.5 Å². The van der Waals surface area contributed by atoms with Gasteiger partial charge < -0.3 is 38.7 Å². The van der Waals surface area contributed by atoms with Gasteiger partial charge >= 0.3 is 17.9 Å². The van der Waals surface area contributed by atoms with Crippen LogP contribution < -0.4 is 19.1 Å². The minimum atomic E-state index is -2.23. The summed E-state index contributed by atoms with van der Waals surface area (Å²) >= 11 is 1.80. The molecule has 11 heteroatoms. The van der Waals surface area contributed by atoms with Gasteiger partial charge in [-0.05, 0) is 69.0 Å². The van der Waals surface area contributed by atoms with E-state index in [4.69, 9.17) is 23.7 Å². The highest BCUT2D eigenvalue weighted by Gasteiger charge is 2.56. The molecule has 2 aromatic carbocycles. The minimum Gasteiger partial charge on any atom is -0.493 e. The summed E-state index contributed by atoms with van der Waals surface area (Å²) < 4.78 is 28.2. The number of benzene rings is 2. The molecule has 2 fully saturated rings. The van der Waals surface area contributed by atoms with Crippen molar-refractivity contribution >= 4 is 50.1 Å². The molecule has 0 aliphatic carbocycles. The maximum absolute atomic E-state index is 11.7. The molecule has 2 N–H and O–H groups in total. The van der Waals surface area contributed by atoms with E-state index >= 15 is 0 Å². The molecule has 0 bridgehead atoms. The van der Waals surface area contributed by atoms with Crippen LogP contribution in [0.15, 0.2) is 42.5 Å². The fraction of sp³-hybridized carbons (Fsp3) is 0.379. The zero-order valence-electron chi connectivity index (χ0n) is 22.6. The Morgan fingerprint density at radius 2 is 1.85 bits per heavy atom. The van der Waals surface area contributed by atoms with Gasteiger partial charge in [-0.3, -0.25) is 0 Å². The van der Waals surface area contributed by atoms with Crippen LogP contribution in [0.25, 0.3) is 21.0 Å². The molecule has 0 saturated carbocycles. The fourth-order valence-electron chi connectivity index (χ4n) is 5.62. The Morgan fingerprint density at radius 3 is 2.52 bits per heavy atom. The Kier molecular flexibility index (Phi) is 6.50. The first-order valence-electron chi connectivity index (χ1n) is 13.1. The first-order valence-corrected chi connectivity index (χ1v) is 13.9. The number of aliphatic hydroxyl groups excluding tert-OH is 1. The first kappa shape index (κ1) is 26.3. The number of carbonyl (C=O) groups excluding carboxylic acids is 2. The van der Waals surface area contributed by atoms with Crippen LogP contribution in [-0.2, 0) is 19.1 Å². The third-order valence-corrected chi connectivity index (χ3v) is 8.92. The second-order valence-electron chi connectivity index (χ2n) is 10.2. The number of aromatic nitrogens is 1. The lowest BCUT2D eigenvalue weighted by molar-refractivity contribution is -0.313. The number of esters is 2. The van der Waals surface area contributed by atoms with Gasteiger partial charge in [0.15, 0.2) is 17.6 Å². The quantitative estimate of drug-likeness (QED) is 0.243. The van der Waals surface area contributed by atoms with Gasteiger partial charge in [0, 0.05) is 32.9 Å². The zero-order chi connectivity index (χ0) is 28.2. The maximum atomic E-state index is 11.7. The number of nitrogens with zero attached hydrogens (tertiary/aromatic N) is 1. The smallest absolute Gasteiger partial charge is 0.449 e. The Hall–Kier alpha value is -3.96. The van der Waals surface area contributed by atoms with E-state index in [9.17, 15) is 14.7 Å². The van der Waals surface area contributed by atoms with Gasteiger partial charge in [0.1, 0.15) is 11.6 Å². The van der Waals surface area contributed by atoms with Crippen LogP contribution >= 0.6 is 11.3 Å². The van der Waals surface area contributed by atoms with Crippen molar-refractivity contribution in [2.24, 2.45) is 0 Å². The Morgan fingerprint density at radius 1 is 1.07 bits per heavy atom. The average Bonchev–Trinajstić information content (AvgIpc) is 3.64. The number of carbonyl (C=O) groups is 2. The van der Waals surface area contributed by atoms with E-state index in [2.05, 4.69) is 28.9 Å². The van der Waals surface area contributed by atoms with Crippen molar-refractivity contribution in [2.45, 2.75) is 50.7 Å². The van der Waals surface area contributed by atoms with E-state index in [0.717, 1.165) is 47.6 Å². The predicted molar refractivity (Wildman–Crippen MR) is 149 cm³/mol. The van der Waals surface area contributed by atoms with Crippen LogP contribution in [0.1, 0.15) is 37.5 Å². The number of H-pyrrole nitrogens is 1. The Labute approximate surface area is 234 Å². The molecule has 0 amide bonds. The summed E-state index contributed by atoms with van der Waals surface area (Å²) in [6.07, 6.45) is 0.541. The van der Waals surface area contributed by atoms with Gasteiger partial charge in [0.2, 0.25) is 0 Å². The molecule has 2 aromatic heterocycles. The van der Waals surface area contributed by atoms with Crippen LogP contribution in [0.5, 0.6) is 17.2 Å². The monoisotopic (exact) mass is 566 g/mol. The number of cyclic esters (lactones) is 2.